The van der Waals surface area contributed by atoms with Crippen molar-refractivity contribution in [2.24, 2.45) is 4.99 Å². The van der Waals surface area contributed by atoms with Crippen LogP contribution in [0, 0.1) is 0 Å². The van der Waals surface area contributed by atoms with Crippen molar-refractivity contribution in [1.29, 1.82) is 0 Å². The number of anilines is 1. The first kappa shape index (κ1) is 23.0. The van der Waals surface area contributed by atoms with Crippen molar-refractivity contribution in [3.63, 3.8) is 0 Å². The second-order valence-electron chi connectivity index (χ2n) is 5.87. The van der Waals surface area contributed by atoms with E-state index in [0.717, 1.165) is 11.5 Å². The van der Waals surface area contributed by atoms with Crippen LogP contribution in [-0.2, 0) is 6.42 Å². The molecular formula is C18H28IN5O3. The molecule has 150 valence electrons. The van der Waals surface area contributed by atoms with Crippen LogP contribution in [0.25, 0.3) is 0 Å². The number of hydrogen-bond acceptors (Lipinski definition) is 6. The molecule has 9 heteroatoms. The van der Waals surface area contributed by atoms with Crippen LogP contribution in [0.3, 0.4) is 0 Å². The fourth-order valence-electron chi connectivity index (χ4n) is 2.23. The number of benzene rings is 1. The van der Waals surface area contributed by atoms with E-state index in [0.29, 0.717) is 42.9 Å². The van der Waals surface area contributed by atoms with Crippen molar-refractivity contribution in [1.82, 2.24) is 15.5 Å². The van der Waals surface area contributed by atoms with Crippen LogP contribution in [-0.4, -0.2) is 43.4 Å². The average Bonchev–Trinajstić information content (AvgIpc) is 3.11. The monoisotopic (exact) mass is 489 g/mol. The highest BCUT2D eigenvalue weighted by Gasteiger charge is 2.10. The van der Waals surface area contributed by atoms with Gasteiger partial charge in [-0.15, -0.1) is 24.0 Å². The first-order valence-corrected chi connectivity index (χ1v) is 8.68. The third kappa shape index (κ3) is 6.89. The molecule has 0 aliphatic rings. The summed E-state index contributed by atoms with van der Waals surface area (Å²) in [5, 5.41) is 10.4. The highest BCUT2D eigenvalue weighted by molar-refractivity contribution is 14.0. The lowest BCUT2D eigenvalue weighted by Gasteiger charge is -2.14. The standard InChI is InChI=1S/C18H27N5O3.HI/c1-6-25-14-8-7-13(11-15(14)24-5)21-18(19-4)20-10-9-16-22-17(12(2)3)23-26-16;/h7-8,11-12H,6,9-10H2,1-5H3,(H2,19,20,21);1H. The summed E-state index contributed by atoms with van der Waals surface area (Å²) >= 11 is 0. The average molecular weight is 489 g/mol. The third-order valence-corrected chi connectivity index (χ3v) is 3.58. The number of rotatable bonds is 8. The lowest BCUT2D eigenvalue weighted by atomic mass is 10.2. The van der Waals surface area contributed by atoms with Crippen molar-refractivity contribution >= 4 is 35.6 Å². The zero-order valence-electron chi connectivity index (χ0n) is 16.4. The molecule has 0 saturated carbocycles. The van der Waals surface area contributed by atoms with Crippen molar-refractivity contribution < 1.29 is 14.0 Å². The number of aromatic nitrogens is 2. The normalized spacial score (nSPS) is 11.1. The predicted molar refractivity (Wildman–Crippen MR) is 117 cm³/mol. The van der Waals surface area contributed by atoms with E-state index in [1.54, 1.807) is 14.2 Å². The Labute approximate surface area is 177 Å². The molecule has 1 heterocycles. The Bertz CT molecular complexity index is 734. The molecule has 1 aromatic heterocycles. The Balaban J connectivity index is 0.00000364. The molecule has 27 heavy (non-hydrogen) atoms. The predicted octanol–water partition coefficient (Wildman–Crippen LogP) is 3.45. The van der Waals surface area contributed by atoms with E-state index in [1.165, 1.54) is 0 Å². The smallest absolute Gasteiger partial charge is 0.228 e. The van der Waals surface area contributed by atoms with Crippen LogP contribution in [0.2, 0.25) is 0 Å². The minimum absolute atomic E-state index is 0. The summed E-state index contributed by atoms with van der Waals surface area (Å²) in [6, 6.07) is 5.64. The van der Waals surface area contributed by atoms with Gasteiger partial charge in [0.15, 0.2) is 23.3 Å². The molecule has 8 nitrogen and oxygen atoms in total. The van der Waals surface area contributed by atoms with Gasteiger partial charge >= 0.3 is 0 Å². The summed E-state index contributed by atoms with van der Waals surface area (Å²) in [7, 11) is 3.33. The van der Waals surface area contributed by atoms with E-state index in [9.17, 15) is 0 Å². The van der Waals surface area contributed by atoms with Crippen molar-refractivity contribution in [3.05, 3.63) is 29.9 Å². The van der Waals surface area contributed by atoms with Crippen LogP contribution in [0.5, 0.6) is 11.5 Å². The van der Waals surface area contributed by atoms with E-state index < -0.39 is 0 Å². The van der Waals surface area contributed by atoms with Crippen LogP contribution in [0.1, 0.15) is 38.4 Å². The van der Waals surface area contributed by atoms with Gasteiger partial charge < -0.3 is 24.6 Å². The van der Waals surface area contributed by atoms with Crippen LogP contribution in [0.4, 0.5) is 5.69 Å². The zero-order chi connectivity index (χ0) is 18.9. The van der Waals surface area contributed by atoms with Gasteiger partial charge in [0.1, 0.15) is 0 Å². The maximum Gasteiger partial charge on any atom is 0.228 e. The van der Waals surface area contributed by atoms with E-state index in [4.69, 9.17) is 14.0 Å². The quantitative estimate of drug-likeness (QED) is 0.333. The number of hydrogen-bond donors (Lipinski definition) is 2. The lowest BCUT2D eigenvalue weighted by molar-refractivity contribution is 0.311. The molecule has 0 aliphatic carbocycles. The van der Waals surface area contributed by atoms with Crippen molar-refractivity contribution in [2.45, 2.75) is 33.1 Å². The zero-order valence-corrected chi connectivity index (χ0v) is 18.7. The van der Waals surface area contributed by atoms with Gasteiger partial charge in [-0.1, -0.05) is 19.0 Å². The maximum absolute atomic E-state index is 5.52. The van der Waals surface area contributed by atoms with Crippen molar-refractivity contribution in [2.75, 3.05) is 32.6 Å². The molecule has 0 aliphatic heterocycles. The minimum Gasteiger partial charge on any atom is -0.493 e. The fourth-order valence-corrected chi connectivity index (χ4v) is 2.23. The highest BCUT2D eigenvalue weighted by atomic mass is 127. The largest absolute Gasteiger partial charge is 0.493 e. The van der Waals surface area contributed by atoms with Gasteiger partial charge in [-0.25, -0.2) is 0 Å². The van der Waals surface area contributed by atoms with Crippen molar-refractivity contribution in [3.8, 4) is 11.5 Å². The molecule has 0 atom stereocenters. The molecule has 2 aromatic rings. The van der Waals surface area contributed by atoms with E-state index in [1.807, 2.05) is 39.0 Å². The molecule has 0 amide bonds. The van der Waals surface area contributed by atoms with Crippen LogP contribution >= 0.6 is 24.0 Å². The van der Waals surface area contributed by atoms with Gasteiger partial charge in [-0.05, 0) is 19.1 Å². The van der Waals surface area contributed by atoms with Gasteiger partial charge in [0.05, 0.1) is 13.7 Å². The fraction of sp³-hybridized carbons (Fsp3) is 0.500. The first-order valence-electron chi connectivity index (χ1n) is 8.68. The lowest BCUT2D eigenvalue weighted by Crippen LogP contribution is -2.32. The number of methoxy groups -OCH3 is 1. The molecule has 0 fully saturated rings. The molecule has 2 N–H and O–H groups in total. The summed E-state index contributed by atoms with van der Waals surface area (Å²) in [5.41, 5.74) is 0.846. The number of ether oxygens (including phenoxy) is 2. The molecular weight excluding hydrogens is 461 g/mol. The summed E-state index contributed by atoms with van der Waals surface area (Å²) in [6.45, 7) is 7.20. The summed E-state index contributed by atoms with van der Waals surface area (Å²) < 4.78 is 16.1. The Morgan fingerprint density at radius 2 is 2.07 bits per heavy atom. The number of halogens is 1. The van der Waals surface area contributed by atoms with Gasteiger partial charge in [0.25, 0.3) is 0 Å². The molecule has 0 saturated heterocycles. The number of aliphatic imine (C=N–C) groups is 1. The topological polar surface area (TPSA) is 93.8 Å². The number of guanidine groups is 1. The molecule has 0 radical (unpaired) electrons. The Morgan fingerprint density at radius 3 is 2.67 bits per heavy atom. The van der Waals surface area contributed by atoms with E-state index in [-0.39, 0.29) is 29.9 Å². The van der Waals surface area contributed by atoms with Crippen LogP contribution in [0.15, 0.2) is 27.7 Å². The summed E-state index contributed by atoms with van der Waals surface area (Å²) in [4.78, 5) is 8.58. The Kier molecular flexibility index (Phi) is 9.90. The molecule has 0 unspecified atom stereocenters. The summed E-state index contributed by atoms with van der Waals surface area (Å²) in [5.74, 6) is 3.60. The SMILES string of the molecule is CCOc1ccc(NC(=NC)NCCc2nc(C(C)C)no2)cc1OC.I. The number of nitrogens with zero attached hydrogens (tertiary/aromatic N) is 3. The van der Waals surface area contributed by atoms with Gasteiger partial charge in [0.2, 0.25) is 5.89 Å². The summed E-state index contributed by atoms with van der Waals surface area (Å²) in [6.07, 6.45) is 0.618. The van der Waals surface area contributed by atoms with E-state index >= 15 is 0 Å². The highest BCUT2D eigenvalue weighted by Crippen LogP contribution is 2.30. The second kappa shape index (κ2) is 11.6. The Morgan fingerprint density at radius 1 is 1.30 bits per heavy atom. The molecule has 2 rings (SSSR count). The Hall–Kier alpha value is -2.04. The van der Waals surface area contributed by atoms with Gasteiger partial charge in [0, 0.05) is 37.7 Å². The molecule has 0 spiro atoms. The van der Waals surface area contributed by atoms with Crippen LogP contribution < -0.4 is 20.1 Å². The molecule has 0 bridgehead atoms. The first-order chi connectivity index (χ1) is 12.6. The number of nitrogens with one attached hydrogen (secondary N) is 2. The van der Waals surface area contributed by atoms with Gasteiger partial charge in [-0.2, -0.15) is 4.98 Å². The van der Waals surface area contributed by atoms with Gasteiger partial charge in [-0.3, -0.25) is 4.99 Å². The third-order valence-electron chi connectivity index (χ3n) is 3.58. The second-order valence-corrected chi connectivity index (χ2v) is 5.87. The molecule has 1 aromatic carbocycles. The maximum atomic E-state index is 5.52. The van der Waals surface area contributed by atoms with E-state index in [2.05, 4.69) is 25.8 Å². The minimum atomic E-state index is 0.